The molecule has 0 saturated heterocycles. The molecular weight excluding hydrogens is 216 g/mol. The van der Waals surface area contributed by atoms with Gasteiger partial charge in [0.1, 0.15) is 5.75 Å². The van der Waals surface area contributed by atoms with Gasteiger partial charge < -0.3 is 4.74 Å². The Balaban J connectivity index is 2.13. The van der Waals surface area contributed by atoms with Crippen molar-refractivity contribution in [2.24, 2.45) is 0 Å². The van der Waals surface area contributed by atoms with Crippen molar-refractivity contribution < 1.29 is 17.3 Å². The van der Waals surface area contributed by atoms with Gasteiger partial charge in [-0.05, 0) is 12.1 Å². The Kier molecular flexibility index (Phi) is 4.58. The van der Waals surface area contributed by atoms with Crippen molar-refractivity contribution in [1.82, 2.24) is 0 Å². The first kappa shape index (κ1) is 12.0. The van der Waals surface area contributed by atoms with E-state index in [0.717, 1.165) is 12.0 Å². The largest absolute Gasteiger partial charge is 0.494 e. The maximum absolute atomic E-state index is 10.6. The summed E-state index contributed by atoms with van der Waals surface area (Å²) >= 11 is 0. The van der Waals surface area contributed by atoms with E-state index in [-0.39, 0.29) is 6.61 Å². The van der Waals surface area contributed by atoms with E-state index in [4.69, 9.17) is 4.74 Å². The van der Waals surface area contributed by atoms with Crippen molar-refractivity contribution in [2.75, 3.05) is 19.5 Å². The zero-order valence-corrected chi connectivity index (χ0v) is 9.37. The molecule has 84 valence electrons. The molecule has 0 heterocycles. The van der Waals surface area contributed by atoms with Crippen LogP contribution in [0.1, 0.15) is 6.42 Å². The van der Waals surface area contributed by atoms with Gasteiger partial charge in [-0.25, -0.2) is 0 Å². The molecule has 0 aliphatic rings. The Bertz CT molecular complexity index is 372. The van der Waals surface area contributed by atoms with E-state index < -0.39 is 10.1 Å². The third-order valence-corrected chi connectivity index (χ3v) is 2.19. The summed E-state index contributed by atoms with van der Waals surface area (Å²) in [6.07, 6.45) is 1.58. The van der Waals surface area contributed by atoms with Gasteiger partial charge in [0.2, 0.25) is 0 Å². The lowest BCUT2D eigenvalue weighted by molar-refractivity contribution is 0.252. The Morgan fingerprint density at radius 3 is 2.40 bits per heavy atom. The second kappa shape index (κ2) is 5.72. The highest BCUT2D eigenvalue weighted by molar-refractivity contribution is 7.85. The lowest BCUT2D eigenvalue weighted by atomic mass is 10.3. The minimum atomic E-state index is -3.32. The molecule has 0 aromatic heterocycles. The molecule has 0 amide bonds. The molecule has 0 unspecified atom stereocenters. The van der Waals surface area contributed by atoms with Crippen LogP contribution in [0.3, 0.4) is 0 Å². The van der Waals surface area contributed by atoms with Gasteiger partial charge in [-0.3, -0.25) is 4.18 Å². The highest BCUT2D eigenvalue weighted by Gasteiger charge is 2.00. The van der Waals surface area contributed by atoms with E-state index in [1.165, 1.54) is 0 Å². The summed E-state index contributed by atoms with van der Waals surface area (Å²) in [5.74, 6) is 0.775. The second-order valence-corrected chi connectivity index (χ2v) is 4.69. The Hall–Kier alpha value is -1.07. The van der Waals surface area contributed by atoms with E-state index in [2.05, 4.69) is 4.18 Å². The van der Waals surface area contributed by atoms with Gasteiger partial charge in [-0.1, -0.05) is 18.2 Å². The molecule has 1 aromatic rings. The maximum Gasteiger partial charge on any atom is 0.264 e. The number of para-hydroxylation sites is 1. The molecule has 5 heteroatoms. The SMILES string of the molecule is CS(=O)(=O)OCCCOc1ccccc1. The van der Waals surface area contributed by atoms with E-state index in [9.17, 15) is 8.42 Å². The first-order valence-electron chi connectivity index (χ1n) is 4.60. The summed E-state index contributed by atoms with van der Waals surface area (Å²) in [6, 6.07) is 9.35. The molecule has 0 aliphatic heterocycles. The lowest BCUT2D eigenvalue weighted by Crippen LogP contribution is -2.07. The topological polar surface area (TPSA) is 52.6 Å². The molecule has 0 radical (unpaired) electrons. The number of hydrogen-bond acceptors (Lipinski definition) is 4. The van der Waals surface area contributed by atoms with Gasteiger partial charge in [0.05, 0.1) is 19.5 Å². The van der Waals surface area contributed by atoms with E-state index in [1.807, 2.05) is 30.3 Å². The molecule has 4 nitrogen and oxygen atoms in total. The average molecular weight is 230 g/mol. The monoisotopic (exact) mass is 230 g/mol. The minimum Gasteiger partial charge on any atom is -0.494 e. The van der Waals surface area contributed by atoms with Gasteiger partial charge >= 0.3 is 0 Å². The zero-order valence-electron chi connectivity index (χ0n) is 8.55. The third kappa shape index (κ3) is 6.09. The molecule has 1 rings (SSSR count). The third-order valence-electron chi connectivity index (χ3n) is 1.60. The number of ether oxygens (including phenoxy) is 1. The molecule has 0 saturated carbocycles. The van der Waals surface area contributed by atoms with E-state index in [0.29, 0.717) is 13.0 Å². The summed E-state index contributed by atoms with van der Waals surface area (Å²) in [5.41, 5.74) is 0. The van der Waals surface area contributed by atoms with Crippen molar-refractivity contribution in [3.63, 3.8) is 0 Å². The zero-order chi connectivity index (χ0) is 11.1. The smallest absolute Gasteiger partial charge is 0.264 e. The molecule has 15 heavy (non-hydrogen) atoms. The number of benzene rings is 1. The Labute approximate surface area is 90.0 Å². The molecule has 0 bridgehead atoms. The van der Waals surface area contributed by atoms with Gasteiger partial charge in [-0.2, -0.15) is 8.42 Å². The fourth-order valence-electron chi connectivity index (χ4n) is 0.976. The van der Waals surface area contributed by atoms with Crippen LogP contribution in [0.5, 0.6) is 5.75 Å². The van der Waals surface area contributed by atoms with E-state index >= 15 is 0 Å². The van der Waals surface area contributed by atoms with Crippen LogP contribution in [0, 0.1) is 0 Å². The average Bonchev–Trinajstić information content (AvgIpc) is 2.17. The predicted molar refractivity (Wildman–Crippen MR) is 57.3 cm³/mol. The fraction of sp³-hybridized carbons (Fsp3) is 0.400. The molecule has 0 spiro atoms. The quantitative estimate of drug-likeness (QED) is 0.548. The van der Waals surface area contributed by atoms with Crippen molar-refractivity contribution >= 4 is 10.1 Å². The lowest BCUT2D eigenvalue weighted by Gasteiger charge is -2.05. The molecule has 1 aromatic carbocycles. The summed E-state index contributed by atoms with van der Waals surface area (Å²) in [6.45, 7) is 0.602. The van der Waals surface area contributed by atoms with Crippen LogP contribution in [0.15, 0.2) is 30.3 Å². The second-order valence-electron chi connectivity index (χ2n) is 3.04. The van der Waals surface area contributed by atoms with Crippen molar-refractivity contribution in [3.05, 3.63) is 30.3 Å². The number of rotatable bonds is 6. The van der Waals surface area contributed by atoms with Crippen LogP contribution in [-0.4, -0.2) is 27.9 Å². The summed E-state index contributed by atoms with van der Waals surface area (Å²) in [7, 11) is -3.32. The van der Waals surface area contributed by atoms with Crippen LogP contribution in [0.2, 0.25) is 0 Å². The number of hydrogen-bond donors (Lipinski definition) is 0. The van der Waals surface area contributed by atoms with Crippen LogP contribution in [0.25, 0.3) is 0 Å². The Morgan fingerprint density at radius 2 is 1.80 bits per heavy atom. The summed E-state index contributed by atoms with van der Waals surface area (Å²) < 4.78 is 31.1. The van der Waals surface area contributed by atoms with Crippen LogP contribution >= 0.6 is 0 Å². The predicted octanol–water partition coefficient (Wildman–Crippen LogP) is 1.43. The van der Waals surface area contributed by atoms with Crippen LogP contribution in [0.4, 0.5) is 0 Å². The van der Waals surface area contributed by atoms with Crippen molar-refractivity contribution in [3.8, 4) is 5.75 Å². The standard InChI is InChI=1S/C10H14O4S/c1-15(11,12)14-9-5-8-13-10-6-3-2-4-7-10/h2-4,6-7H,5,8-9H2,1H3. The minimum absolute atomic E-state index is 0.158. The summed E-state index contributed by atoms with van der Waals surface area (Å²) in [5, 5.41) is 0. The van der Waals surface area contributed by atoms with Gasteiger partial charge in [0, 0.05) is 6.42 Å². The molecule has 0 N–H and O–H groups in total. The molecular formula is C10H14O4S. The highest BCUT2D eigenvalue weighted by atomic mass is 32.2. The summed E-state index contributed by atoms with van der Waals surface area (Å²) in [4.78, 5) is 0. The Morgan fingerprint density at radius 1 is 1.13 bits per heavy atom. The van der Waals surface area contributed by atoms with Gasteiger partial charge in [-0.15, -0.1) is 0 Å². The molecule has 0 aliphatic carbocycles. The van der Waals surface area contributed by atoms with Gasteiger partial charge in [0.25, 0.3) is 10.1 Å². The highest BCUT2D eigenvalue weighted by Crippen LogP contribution is 2.08. The van der Waals surface area contributed by atoms with E-state index in [1.54, 1.807) is 0 Å². The molecule has 0 atom stereocenters. The van der Waals surface area contributed by atoms with Crippen molar-refractivity contribution in [1.29, 1.82) is 0 Å². The van der Waals surface area contributed by atoms with Crippen molar-refractivity contribution in [2.45, 2.75) is 6.42 Å². The van der Waals surface area contributed by atoms with Crippen LogP contribution in [-0.2, 0) is 14.3 Å². The normalized spacial score (nSPS) is 11.3. The van der Waals surface area contributed by atoms with Gasteiger partial charge in [0.15, 0.2) is 0 Å². The first-order chi connectivity index (χ1) is 7.08. The molecule has 0 fully saturated rings. The first-order valence-corrected chi connectivity index (χ1v) is 6.42. The fourth-order valence-corrected chi connectivity index (χ4v) is 1.40. The maximum atomic E-state index is 10.6. The van der Waals surface area contributed by atoms with Crippen LogP contribution < -0.4 is 4.74 Å².